The van der Waals surface area contributed by atoms with E-state index in [1.54, 1.807) is 36.6 Å². The number of ether oxygens (including phenoxy) is 2. The highest BCUT2D eigenvalue weighted by Crippen LogP contribution is 2.37. The lowest BCUT2D eigenvalue weighted by Gasteiger charge is -2.15. The fourth-order valence-electron chi connectivity index (χ4n) is 2.27. The van der Waals surface area contributed by atoms with Gasteiger partial charge in [-0.3, -0.25) is 0 Å². The minimum absolute atomic E-state index is 0.337. The van der Waals surface area contributed by atoms with Crippen LogP contribution < -0.4 is 14.9 Å². The van der Waals surface area contributed by atoms with E-state index >= 15 is 0 Å². The van der Waals surface area contributed by atoms with Crippen molar-refractivity contribution in [3.8, 4) is 11.5 Å². The van der Waals surface area contributed by atoms with Gasteiger partial charge in [0, 0.05) is 0 Å². The maximum absolute atomic E-state index is 6.04. The van der Waals surface area contributed by atoms with E-state index in [1.165, 1.54) is 0 Å². The summed E-state index contributed by atoms with van der Waals surface area (Å²) in [6, 6.07) is 9.26. The van der Waals surface area contributed by atoms with Crippen molar-refractivity contribution in [2.45, 2.75) is 13.2 Å². The molecule has 0 bridgehead atoms. The second-order valence-electron chi connectivity index (χ2n) is 5.35. The van der Waals surface area contributed by atoms with E-state index in [1.807, 2.05) is 18.2 Å². The molecule has 0 unspecified atom stereocenters. The third kappa shape index (κ3) is 4.60. The van der Waals surface area contributed by atoms with Gasteiger partial charge in [0.05, 0.1) is 28.2 Å². The molecule has 26 heavy (non-hydrogen) atoms. The Kier molecular flexibility index (Phi) is 6.24. The molecule has 0 aliphatic carbocycles. The van der Waals surface area contributed by atoms with Crippen molar-refractivity contribution in [1.29, 1.82) is 0 Å². The van der Waals surface area contributed by atoms with E-state index in [2.05, 4.69) is 31.6 Å². The normalized spacial score (nSPS) is 10.6. The zero-order valence-corrected chi connectivity index (χ0v) is 16.8. The van der Waals surface area contributed by atoms with E-state index in [9.17, 15) is 0 Å². The van der Waals surface area contributed by atoms with E-state index in [0.29, 0.717) is 34.7 Å². The summed E-state index contributed by atoms with van der Waals surface area (Å²) in [7, 11) is 1.60. The molecule has 0 aliphatic rings. The predicted octanol–water partition coefficient (Wildman–Crippen LogP) is 4.68. The van der Waals surface area contributed by atoms with Gasteiger partial charge < -0.3 is 14.9 Å². The van der Waals surface area contributed by atoms with Crippen molar-refractivity contribution < 1.29 is 9.47 Å². The molecule has 0 saturated heterocycles. The Bertz CT molecular complexity index is 891. The van der Waals surface area contributed by atoms with Crippen LogP contribution in [0.2, 0.25) is 10.0 Å². The number of nitrogens with one attached hydrogen (secondary N) is 1. The van der Waals surface area contributed by atoms with E-state index in [-0.39, 0.29) is 0 Å². The van der Waals surface area contributed by atoms with E-state index < -0.39 is 0 Å². The van der Waals surface area contributed by atoms with Crippen LogP contribution in [-0.2, 0) is 13.2 Å². The third-order valence-corrected chi connectivity index (χ3v) is 4.87. The molecule has 1 N–H and O–H groups in total. The lowest BCUT2D eigenvalue weighted by atomic mass is 10.2. The predicted molar refractivity (Wildman–Crippen MR) is 105 cm³/mol. The third-order valence-electron chi connectivity index (χ3n) is 3.54. The van der Waals surface area contributed by atoms with Crippen molar-refractivity contribution in [1.82, 2.24) is 14.9 Å². The molecular weight excluding hydrogens is 443 g/mol. The van der Waals surface area contributed by atoms with E-state index in [0.717, 1.165) is 15.6 Å². The van der Waals surface area contributed by atoms with E-state index in [4.69, 9.17) is 32.7 Å². The Balaban J connectivity index is 1.72. The fraction of sp³-hybridized carbons (Fsp3) is 0.176. The lowest BCUT2D eigenvalue weighted by Crippen LogP contribution is -2.12. The summed E-state index contributed by atoms with van der Waals surface area (Å²) < 4.78 is 13.9. The Hall–Kier alpha value is -1.96. The minimum atomic E-state index is 0.337. The van der Waals surface area contributed by atoms with Crippen LogP contribution in [0.1, 0.15) is 11.1 Å². The average Bonchev–Trinajstić information content (AvgIpc) is 3.15. The van der Waals surface area contributed by atoms with Crippen LogP contribution in [0.4, 0.5) is 0 Å². The van der Waals surface area contributed by atoms with Crippen LogP contribution in [0, 0.1) is 0 Å². The van der Waals surface area contributed by atoms with Gasteiger partial charge in [-0.2, -0.15) is 0 Å². The van der Waals surface area contributed by atoms with Gasteiger partial charge in [0.15, 0.2) is 11.5 Å². The largest absolute Gasteiger partial charge is 0.493 e. The van der Waals surface area contributed by atoms with Crippen molar-refractivity contribution >= 4 is 39.1 Å². The summed E-state index contributed by atoms with van der Waals surface area (Å²) in [5.41, 5.74) is 5.07. The van der Waals surface area contributed by atoms with Gasteiger partial charge in [-0.25, -0.2) is 4.68 Å². The number of aromatic nitrogens is 3. The zero-order valence-electron chi connectivity index (χ0n) is 13.7. The number of benzene rings is 2. The number of rotatable bonds is 7. The minimum Gasteiger partial charge on any atom is -0.493 e. The summed E-state index contributed by atoms with van der Waals surface area (Å²) in [4.78, 5) is 0. The molecule has 0 aliphatic heterocycles. The van der Waals surface area contributed by atoms with Gasteiger partial charge in [0.25, 0.3) is 0 Å². The highest BCUT2D eigenvalue weighted by molar-refractivity contribution is 9.10. The molecule has 0 amide bonds. The van der Waals surface area contributed by atoms with Crippen LogP contribution in [-0.4, -0.2) is 22.0 Å². The SMILES string of the molecule is COc1cc(CNn2cnnc2)cc(Br)c1OCc1ccc(Cl)c(Cl)c1. The lowest BCUT2D eigenvalue weighted by molar-refractivity contribution is 0.282. The van der Waals surface area contributed by atoms with Gasteiger partial charge in [-0.15, -0.1) is 10.2 Å². The molecule has 136 valence electrons. The van der Waals surface area contributed by atoms with Gasteiger partial charge >= 0.3 is 0 Å². The highest BCUT2D eigenvalue weighted by Gasteiger charge is 2.12. The maximum Gasteiger partial charge on any atom is 0.175 e. The first-order valence-electron chi connectivity index (χ1n) is 7.58. The van der Waals surface area contributed by atoms with Gasteiger partial charge in [-0.05, 0) is 51.3 Å². The molecule has 1 heterocycles. The summed E-state index contributed by atoms with van der Waals surface area (Å²) >= 11 is 15.5. The Morgan fingerprint density at radius 2 is 1.85 bits per heavy atom. The molecule has 0 spiro atoms. The first-order valence-corrected chi connectivity index (χ1v) is 9.13. The summed E-state index contributed by atoms with van der Waals surface area (Å²) in [6.45, 7) is 0.907. The number of hydrogen-bond acceptors (Lipinski definition) is 5. The number of halogens is 3. The zero-order chi connectivity index (χ0) is 18.5. The fourth-order valence-corrected chi connectivity index (χ4v) is 3.19. The monoisotopic (exact) mass is 456 g/mol. The van der Waals surface area contributed by atoms with Crippen molar-refractivity contribution in [3.63, 3.8) is 0 Å². The highest BCUT2D eigenvalue weighted by atomic mass is 79.9. The average molecular weight is 458 g/mol. The molecule has 3 aromatic rings. The topological polar surface area (TPSA) is 61.2 Å². The summed E-state index contributed by atoms with van der Waals surface area (Å²) in [5.74, 6) is 1.24. The smallest absolute Gasteiger partial charge is 0.175 e. The van der Waals surface area contributed by atoms with Gasteiger partial charge in [-0.1, -0.05) is 29.3 Å². The molecule has 2 aromatic carbocycles. The van der Waals surface area contributed by atoms with Crippen LogP contribution in [0.5, 0.6) is 11.5 Å². The molecule has 0 radical (unpaired) electrons. The summed E-state index contributed by atoms with van der Waals surface area (Å²) in [6.07, 6.45) is 3.17. The molecule has 0 atom stereocenters. The molecule has 3 rings (SSSR count). The van der Waals surface area contributed by atoms with Crippen molar-refractivity contribution in [2.75, 3.05) is 12.5 Å². The first-order chi connectivity index (χ1) is 12.6. The Labute approximate surface area is 169 Å². The number of nitrogens with zero attached hydrogens (tertiary/aromatic N) is 3. The molecule has 0 saturated carbocycles. The van der Waals surface area contributed by atoms with Crippen molar-refractivity contribution in [3.05, 3.63) is 68.6 Å². The van der Waals surface area contributed by atoms with Gasteiger partial charge in [0.1, 0.15) is 19.3 Å². The molecule has 9 heteroatoms. The maximum atomic E-state index is 6.04. The number of hydrogen-bond donors (Lipinski definition) is 1. The molecule has 0 fully saturated rings. The van der Waals surface area contributed by atoms with Crippen LogP contribution in [0.25, 0.3) is 0 Å². The second kappa shape index (κ2) is 8.62. The first kappa shape index (κ1) is 18.8. The molecular formula is C17H15BrCl2N4O2. The quantitative estimate of drug-likeness (QED) is 0.558. The standard InChI is InChI=1S/C17H15BrCl2N4O2/c1-25-16-6-12(7-23-24-9-21-22-10-24)4-13(18)17(16)26-8-11-2-3-14(19)15(20)5-11/h2-6,9-10,23H,7-8H2,1H3. The van der Waals surface area contributed by atoms with Crippen LogP contribution in [0.3, 0.4) is 0 Å². The Morgan fingerprint density at radius 3 is 2.54 bits per heavy atom. The molecule has 1 aromatic heterocycles. The van der Waals surface area contributed by atoms with Crippen LogP contribution in [0.15, 0.2) is 47.5 Å². The molecule has 6 nitrogen and oxygen atoms in total. The number of methoxy groups -OCH3 is 1. The summed E-state index contributed by atoms with van der Waals surface area (Å²) in [5, 5.41) is 8.49. The Morgan fingerprint density at radius 1 is 1.08 bits per heavy atom. The van der Waals surface area contributed by atoms with Gasteiger partial charge in [0.2, 0.25) is 0 Å². The van der Waals surface area contributed by atoms with Crippen molar-refractivity contribution in [2.24, 2.45) is 0 Å². The second-order valence-corrected chi connectivity index (χ2v) is 7.02. The van der Waals surface area contributed by atoms with Crippen LogP contribution >= 0.6 is 39.1 Å².